The lowest BCUT2D eigenvalue weighted by molar-refractivity contribution is -0.137. The molecule has 198 valence electrons. The number of aryl methyl sites for hydroxylation is 1. The summed E-state index contributed by atoms with van der Waals surface area (Å²) in [6, 6.07) is 7.80. The second kappa shape index (κ2) is 10.8. The fraction of sp³-hybridized carbons (Fsp3) is 0.240. The molecule has 4 N–H and O–H groups in total. The SMILES string of the molecule is COCCCNC(=O)c1cnc(N)c2c(-c3ccc(C(=O)Nc4cc(C(F)(F)F)ccn4)cc3)nc(C)n12. The maximum atomic E-state index is 12.9. The van der Waals surface area contributed by atoms with Crippen molar-refractivity contribution in [2.45, 2.75) is 19.5 Å². The Balaban J connectivity index is 1.59. The van der Waals surface area contributed by atoms with Crippen LogP contribution in [-0.4, -0.2) is 51.4 Å². The fourth-order valence-corrected chi connectivity index (χ4v) is 3.83. The number of anilines is 2. The van der Waals surface area contributed by atoms with E-state index in [0.717, 1.165) is 18.3 Å². The summed E-state index contributed by atoms with van der Waals surface area (Å²) in [5.41, 5.74) is 7.15. The molecule has 4 rings (SSSR count). The summed E-state index contributed by atoms with van der Waals surface area (Å²) in [5.74, 6) is -0.544. The van der Waals surface area contributed by atoms with Gasteiger partial charge in [0, 0.05) is 37.6 Å². The molecule has 0 unspecified atom stereocenters. The lowest BCUT2D eigenvalue weighted by atomic mass is 10.1. The number of halogens is 3. The molecular weight excluding hydrogens is 503 g/mol. The number of nitrogens with zero attached hydrogens (tertiary/aromatic N) is 4. The van der Waals surface area contributed by atoms with E-state index in [1.807, 2.05) is 0 Å². The number of nitrogen functional groups attached to an aromatic ring is 1. The predicted octanol–water partition coefficient (Wildman–Crippen LogP) is 3.72. The molecule has 0 fully saturated rings. The largest absolute Gasteiger partial charge is 0.416 e. The number of rotatable bonds is 8. The van der Waals surface area contributed by atoms with Gasteiger partial charge in [-0.15, -0.1) is 0 Å². The maximum absolute atomic E-state index is 12.9. The Hall–Kier alpha value is -4.52. The van der Waals surface area contributed by atoms with Crippen LogP contribution in [0.4, 0.5) is 24.8 Å². The van der Waals surface area contributed by atoms with Crippen LogP contribution in [0.15, 0.2) is 48.8 Å². The van der Waals surface area contributed by atoms with Gasteiger partial charge in [0.1, 0.15) is 34.4 Å². The first-order valence-corrected chi connectivity index (χ1v) is 11.5. The molecule has 0 aliphatic rings. The molecule has 0 bridgehead atoms. The lowest BCUT2D eigenvalue weighted by Gasteiger charge is -2.10. The summed E-state index contributed by atoms with van der Waals surface area (Å²) < 4.78 is 45.4. The fourth-order valence-electron chi connectivity index (χ4n) is 3.83. The quantitative estimate of drug-likeness (QED) is 0.297. The molecule has 13 heteroatoms. The van der Waals surface area contributed by atoms with Gasteiger partial charge in [-0.1, -0.05) is 12.1 Å². The molecule has 38 heavy (non-hydrogen) atoms. The average Bonchev–Trinajstić information content (AvgIpc) is 3.24. The van der Waals surface area contributed by atoms with E-state index in [9.17, 15) is 22.8 Å². The number of fused-ring (bicyclic) bond motifs is 1. The Labute approximate surface area is 215 Å². The molecule has 0 aliphatic heterocycles. The van der Waals surface area contributed by atoms with Gasteiger partial charge in [-0.2, -0.15) is 13.2 Å². The summed E-state index contributed by atoms with van der Waals surface area (Å²) in [5, 5.41) is 5.18. The number of aromatic nitrogens is 4. The summed E-state index contributed by atoms with van der Waals surface area (Å²) in [6.45, 7) is 2.65. The van der Waals surface area contributed by atoms with Crippen LogP contribution in [0.1, 0.15) is 38.7 Å². The number of hydrogen-bond donors (Lipinski definition) is 3. The molecule has 0 spiro atoms. The third-order valence-electron chi connectivity index (χ3n) is 5.65. The van der Waals surface area contributed by atoms with Crippen LogP contribution in [0, 0.1) is 6.92 Å². The number of pyridine rings is 1. The van der Waals surface area contributed by atoms with Crippen molar-refractivity contribution in [3.63, 3.8) is 0 Å². The van der Waals surface area contributed by atoms with Gasteiger partial charge in [0.05, 0.1) is 11.8 Å². The standard InChI is InChI=1S/C25H24F3N7O3/c1-14-33-20(21-22(29)32-13-18(35(14)21)24(37)31-9-3-11-38-2)15-4-6-16(7-5-15)23(36)34-19-12-17(8-10-30-19)25(26,27)28/h4-8,10,12-13H,3,9,11H2,1-2H3,(H2,29,32)(H,31,37)(H,30,34,36). The number of nitrogens with one attached hydrogen (secondary N) is 2. The number of benzene rings is 1. The second-order valence-corrected chi connectivity index (χ2v) is 8.28. The zero-order valence-corrected chi connectivity index (χ0v) is 20.5. The molecule has 1 aromatic carbocycles. The highest BCUT2D eigenvalue weighted by Gasteiger charge is 2.31. The molecule has 0 atom stereocenters. The van der Waals surface area contributed by atoms with Crippen molar-refractivity contribution < 1.29 is 27.5 Å². The maximum Gasteiger partial charge on any atom is 0.416 e. The van der Waals surface area contributed by atoms with Crippen molar-refractivity contribution in [3.05, 3.63) is 71.4 Å². The number of ether oxygens (including phenoxy) is 1. The minimum Gasteiger partial charge on any atom is -0.385 e. The predicted molar refractivity (Wildman–Crippen MR) is 134 cm³/mol. The van der Waals surface area contributed by atoms with Gasteiger partial charge in [0.2, 0.25) is 0 Å². The zero-order chi connectivity index (χ0) is 27.4. The van der Waals surface area contributed by atoms with Crippen LogP contribution < -0.4 is 16.4 Å². The molecule has 0 radical (unpaired) electrons. The number of nitrogens with two attached hydrogens (primary N) is 1. The molecule has 0 aliphatic carbocycles. The Morgan fingerprint density at radius 2 is 1.84 bits per heavy atom. The highest BCUT2D eigenvalue weighted by molar-refractivity contribution is 6.04. The van der Waals surface area contributed by atoms with Crippen LogP contribution in [-0.2, 0) is 10.9 Å². The molecule has 2 amide bonds. The lowest BCUT2D eigenvalue weighted by Crippen LogP contribution is -2.27. The summed E-state index contributed by atoms with van der Waals surface area (Å²) in [4.78, 5) is 37.9. The Morgan fingerprint density at radius 1 is 1.11 bits per heavy atom. The highest BCUT2D eigenvalue weighted by atomic mass is 19.4. The van der Waals surface area contributed by atoms with Crippen LogP contribution in [0.5, 0.6) is 0 Å². The van der Waals surface area contributed by atoms with E-state index in [1.165, 1.54) is 18.3 Å². The zero-order valence-electron chi connectivity index (χ0n) is 20.5. The van der Waals surface area contributed by atoms with Crippen LogP contribution >= 0.6 is 0 Å². The third-order valence-corrected chi connectivity index (χ3v) is 5.65. The molecular formula is C25H24F3N7O3. The Kier molecular flexibility index (Phi) is 7.57. The van der Waals surface area contributed by atoms with E-state index in [1.54, 1.807) is 30.6 Å². The third kappa shape index (κ3) is 5.57. The summed E-state index contributed by atoms with van der Waals surface area (Å²) in [7, 11) is 1.58. The molecule has 0 saturated carbocycles. The van der Waals surface area contributed by atoms with Crippen molar-refractivity contribution in [2.24, 2.45) is 0 Å². The van der Waals surface area contributed by atoms with E-state index < -0.39 is 17.6 Å². The van der Waals surface area contributed by atoms with Crippen molar-refractivity contribution in [1.82, 2.24) is 24.7 Å². The van der Waals surface area contributed by atoms with Gasteiger partial charge in [-0.25, -0.2) is 15.0 Å². The monoisotopic (exact) mass is 527 g/mol. The Bertz CT molecular complexity index is 1480. The average molecular weight is 528 g/mol. The Morgan fingerprint density at radius 3 is 2.53 bits per heavy atom. The number of imidazole rings is 1. The molecule has 3 aromatic heterocycles. The van der Waals surface area contributed by atoms with E-state index in [-0.39, 0.29) is 28.8 Å². The number of alkyl halides is 3. The van der Waals surface area contributed by atoms with Gasteiger partial charge in [-0.3, -0.25) is 14.0 Å². The summed E-state index contributed by atoms with van der Waals surface area (Å²) >= 11 is 0. The van der Waals surface area contributed by atoms with E-state index in [2.05, 4.69) is 25.6 Å². The van der Waals surface area contributed by atoms with E-state index in [0.29, 0.717) is 42.2 Å². The first-order valence-electron chi connectivity index (χ1n) is 11.5. The van der Waals surface area contributed by atoms with Crippen molar-refractivity contribution in [1.29, 1.82) is 0 Å². The van der Waals surface area contributed by atoms with Gasteiger partial charge in [0.15, 0.2) is 0 Å². The van der Waals surface area contributed by atoms with Gasteiger partial charge < -0.3 is 21.1 Å². The molecule has 10 nitrogen and oxygen atoms in total. The van der Waals surface area contributed by atoms with Crippen LogP contribution in [0.3, 0.4) is 0 Å². The molecule has 4 aromatic rings. The van der Waals surface area contributed by atoms with Gasteiger partial charge in [-0.05, 0) is 37.6 Å². The highest BCUT2D eigenvalue weighted by Crippen LogP contribution is 2.31. The first-order chi connectivity index (χ1) is 18.1. The van der Waals surface area contributed by atoms with Gasteiger partial charge in [0.25, 0.3) is 11.8 Å². The number of methoxy groups -OCH3 is 1. The topological polar surface area (TPSA) is 137 Å². The normalized spacial score (nSPS) is 11.5. The second-order valence-electron chi connectivity index (χ2n) is 8.28. The minimum atomic E-state index is -4.56. The summed E-state index contributed by atoms with van der Waals surface area (Å²) in [6.07, 6.45) is -1.57. The van der Waals surface area contributed by atoms with Gasteiger partial charge >= 0.3 is 6.18 Å². The van der Waals surface area contributed by atoms with Crippen molar-refractivity contribution >= 4 is 29.0 Å². The number of amides is 2. The smallest absolute Gasteiger partial charge is 0.385 e. The number of carbonyl (C=O) groups is 2. The van der Waals surface area contributed by atoms with E-state index >= 15 is 0 Å². The van der Waals surface area contributed by atoms with Crippen molar-refractivity contribution in [3.8, 4) is 11.3 Å². The molecule has 0 saturated heterocycles. The minimum absolute atomic E-state index is 0.161. The van der Waals surface area contributed by atoms with E-state index in [4.69, 9.17) is 10.5 Å². The molecule has 3 heterocycles. The number of hydrogen-bond acceptors (Lipinski definition) is 7. The number of carbonyl (C=O) groups excluding carboxylic acids is 2. The van der Waals surface area contributed by atoms with Crippen LogP contribution in [0.2, 0.25) is 0 Å². The van der Waals surface area contributed by atoms with Crippen LogP contribution in [0.25, 0.3) is 16.8 Å². The van der Waals surface area contributed by atoms with Crippen molar-refractivity contribution in [2.75, 3.05) is 31.3 Å². The first kappa shape index (κ1) is 26.5.